The quantitative estimate of drug-likeness (QED) is 0.566. The molecule has 5 nitrogen and oxygen atoms in total. The zero-order valence-electron chi connectivity index (χ0n) is 15.4. The molecule has 4 aliphatic rings. The minimum Gasteiger partial charge on any atom is -0.276 e. The van der Waals surface area contributed by atoms with E-state index in [4.69, 9.17) is 28.3 Å². The maximum absolute atomic E-state index is 6.29. The molecular formula is C21H21Cl2N5. The molecular weight excluding hydrogens is 393 g/mol. The maximum Gasteiger partial charge on any atom is 0.0802 e. The van der Waals surface area contributed by atoms with Crippen LogP contribution in [0.15, 0.2) is 58.7 Å². The smallest absolute Gasteiger partial charge is 0.0802 e. The summed E-state index contributed by atoms with van der Waals surface area (Å²) < 4.78 is 0. The maximum atomic E-state index is 6.29. The Morgan fingerprint density at radius 1 is 0.857 bits per heavy atom. The minimum atomic E-state index is -0.0361. The minimum absolute atomic E-state index is 0.0361. The van der Waals surface area contributed by atoms with E-state index in [1.807, 2.05) is 18.2 Å². The molecule has 2 aromatic carbocycles. The van der Waals surface area contributed by atoms with Gasteiger partial charge >= 0.3 is 0 Å². The highest BCUT2D eigenvalue weighted by molar-refractivity contribution is 6.43. The van der Waals surface area contributed by atoms with E-state index in [1.165, 1.54) is 0 Å². The highest BCUT2D eigenvalue weighted by Crippen LogP contribution is 2.38. The Kier molecular flexibility index (Phi) is 4.73. The highest BCUT2D eigenvalue weighted by Gasteiger charge is 2.51. The zero-order chi connectivity index (χ0) is 19.1. The number of benzene rings is 2. The third kappa shape index (κ3) is 3.27. The van der Waals surface area contributed by atoms with Crippen LogP contribution in [0.1, 0.15) is 11.1 Å². The van der Waals surface area contributed by atoms with Gasteiger partial charge in [0.1, 0.15) is 0 Å². The van der Waals surface area contributed by atoms with Crippen LogP contribution in [-0.4, -0.2) is 66.3 Å². The fraction of sp³-hybridized carbons (Fsp3) is 0.333. The third-order valence-corrected chi connectivity index (χ3v) is 6.50. The lowest BCUT2D eigenvalue weighted by atomic mass is 9.74. The van der Waals surface area contributed by atoms with Crippen molar-refractivity contribution in [1.29, 1.82) is 0 Å². The molecule has 6 rings (SSSR count). The largest absolute Gasteiger partial charge is 0.276 e. The van der Waals surface area contributed by atoms with Crippen molar-refractivity contribution < 1.29 is 0 Å². The van der Waals surface area contributed by atoms with E-state index in [9.17, 15) is 0 Å². The number of nitrogens with zero attached hydrogens (tertiary/aromatic N) is 5. The van der Waals surface area contributed by atoms with Gasteiger partial charge in [-0.25, -0.2) is 0 Å². The Hall–Kier alpha value is -1.76. The molecule has 4 fully saturated rings. The van der Waals surface area contributed by atoms with E-state index >= 15 is 0 Å². The third-order valence-electron chi connectivity index (χ3n) is 5.66. The van der Waals surface area contributed by atoms with Gasteiger partial charge in [0, 0.05) is 25.2 Å². The molecule has 0 unspecified atom stereocenters. The second-order valence-electron chi connectivity index (χ2n) is 7.89. The summed E-state index contributed by atoms with van der Waals surface area (Å²) in [7, 11) is 0. The van der Waals surface area contributed by atoms with E-state index in [1.54, 1.807) is 12.3 Å². The van der Waals surface area contributed by atoms with Crippen molar-refractivity contribution in [2.24, 2.45) is 15.6 Å². The molecule has 4 aliphatic heterocycles. The monoisotopic (exact) mass is 413 g/mol. The average Bonchev–Trinajstić information content (AvgIpc) is 2.68. The molecule has 4 bridgehead atoms. The van der Waals surface area contributed by atoms with Crippen molar-refractivity contribution in [2.45, 2.75) is 0 Å². The summed E-state index contributed by atoms with van der Waals surface area (Å²) in [6.07, 6.45) is 1.69. The Balaban J connectivity index is 1.53. The molecule has 0 N–H and O–H groups in total. The van der Waals surface area contributed by atoms with Gasteiger partial charge in [-0.05, 0) is 11.6 Å². The highest BCUT2D eigenvalue weighted by atomic mass is 35.5. The van der Waals surface area contributed by atoms with Gasteiger partial charge in [0.05, 0.1) is 47.4 Å². The van der Waals surface area contributed by atoms with Crippen LogP contribution in [-0.2, 0) is 0 Å². The average molecular weight is 414 g/mol. The van der Waals surface area contributed by atoms with E-state index in [0.717, 1.165) is 56.5 Å². The summed E-state index contributed by atoms with van der Waals surface area (Å²) in [6.45, 7) is 6.18. The first kappa shape index (κ1) is 18.3. The van der Waals surface area contributed by atoms with Gasteiger partial charge in [-0.15, -0.1) is 0 Å². The lowest BCUT2D eigenvalue weighted by Crippen LogP contribution is -2.74. The predicted molar refractivity (Wildman–Crippen MR) is 114 cm³/mol. The molecule has 28 heavy (non-hydrogen) atoms. The molecule has 0 amide bonds. The zero-order valence-corrected chi connectivity index (χ0v) is 16.9. The van der Waals surface area contributed by atoms with Crippen LogP contribution in [0.5, 0.6) is 0 Å². The molecule has 0 saturated carbocycles. The SMILES string of the molecule is Clc1cccc(/C=N/N=C(c2ccccc2)C23CN4CN(CN(C4)C2)C3)c1Cl. The number of rotatable bonds is 4. The van der Waals surface area contributed by atoms with Crippen molar-refractivity contribution in [3.8, 4) is 0 Å². The summed E-state index contributed by atoms with van der Waals surface area (Å²) >= 11 is 12.4. The Morgan fingerprint density at radius 3 is 2.14 bits per heavy atom. The Labute approximate surface area is 174 Å². The molecule has 2 aromatic rings. The molecule has 4 saturated heterocycles. The number of hydrogen-bond donors (Lipinski definition) is 0. The molecule has 7 heteroatoms. The molecule has 0 radical (unpaired) electrons. The van der Waals surface area contributed by atoms with Crippen LogP contribution in [0, 0.1) is 5.41 Å². The van der Waals surface area contributed by atoms with Gasteiger partial charge in [-0.3, -0.25) is 14.7 Å². The van der Waals surface area contributed by atoms with Crippen molar-refractivity contribution in [1.82, 2.24) is 14.7 Å². The number of hydrogen-bond acceptors (Lipinski definition) is 5. The topological polar surface area (TPSA) is 34.4 Å². The van der Waals surface area contributed by atoms with E-state index in [0.29, 0.717) is 10.0 Å². The summed E-state index contributed by atoms with van der Waals surface area (Å²) in [5.74, 6) is 0. The standard InChI is InChI=1S/C21H21Cl2N5/c22-18-8-4-7-17(19(18)23)9-24-25-20(16-5-2-1-3-6-16)21-10-26-13-27(11-21)15-28(12-21)14-26/h1-9H,10-15H2/b24-9+,25-20?. The van der Waals surface area contributed by atoms with Gasteiger partial charge in [-0.1, -0.05) is 65.7 Å². The normalized spacial score (nSPS) is 31.6. The van der Waals surface area contributed by atoms with Gasteiger partial charge < -0.3 is 0 Å². The van der Waals surface area contributed by atoms with Crippen LogP contribution in [0.2, 0.25) is 10.0 Å². The number of halogens is 2. The van der Waals surface area contributed by atoms with Gasteiger partial charge in [0.15, 0.2) is 0 Å². The lowest BCUT2D eigenvalue weighted by Gasteiger charge is -2.60. The summed E-state index contributed by atoms with van der Waals surface area (Å²) in [5.41, 5.74) is 2.90. The van der Waals surface area contributed by atoms with Crippen LogP contribution in [0.25, 0.3) is 0 Å². The molecule has 0 spiro atoms. The van der Waals surface area contributed by atoms with Crippen LogP contribution >= 0.6 is 23.2 Å². The Bertz CT molecular complexity index is 906. The molecule has 4 heterocycles. The summed E-state index contributed by atoms with van der Waals surface area (Å²) in [6, 6.07) is 15.9. The van der Waals surface area contributed by atoms with Crippen molar-refractivity contribution >= 4 is 35.1 Å². The first-order valence-electron chi connectivity index (χ1n) is 9.41. The first-order valence-corrected chi connectivity index (χ1v) is 10.2. The summed E-state index contributed by atoms with van der Waals surface area (Å²) in [5, 5.41) is 10.2. The van der Waals surface area contributed by atoms with Crippen molar-refractivity contribution in [3.63, 3.8) is 0 Å². The fourth-order valence-electron chi connectivity index (χ4n) is 4.78. The Morgan fingerprint density at radius 2 is 1.50 bits per heavy atom. The second-order valence-corrected chi connectivity index (χ2v) is 8.68. The van der Waals surface area contributed by atoms with Gasteiger partial charge in [-0.2, -0.15) is 10.2 Å². The first-order chi connectivity index (χ1) is 13.6. The molecule has 0 aromatic heterocycles. The molecule has 0 aliphatic carbocycles. The van der Waals surface area contributed by atoms with E-state index in [-0.39, 0.29) is 5.41 Å². The van der Waals surface area contributed by atoms with Crippen LogP contribution < -0.4 is 0 Å². The van der Waals surface area contributed by atoms with E-state index < -0.39 is 0 Å². The predicted octanol–water partition coefficient (Wildman–Crippen LogP) is 3.62. The van der Waals surface area contributed by atoms with Gasteiger partial charge in [0.25, 0.3) is 0 Å². The van der Waals surface area contributed by atoms with Gasteiger partial charge in [0.2, 0.25) is 0 Å². The molecule has 0 atom stereocenters. The van der Waals surface area contributed by atoms with Crippen molar-refractivity contribution in [2.75, 3.05) is 39.6 Å². The van der Waals surface area contributed by atoms with Crippen LogP contribution in [0.3, 0.4) is 0 Å². The summed E-state index contributed by atoms with van der Waals surface area (Å²) in [4.78, 5) is 7.48. The van der Waals surface area contributed by atoms with Crippen molar-refractivity contribution in [3.05, 3.63) is 69.7 Å². The lowest BCUT2D eigenvalue weighted by molar-refractivity contribution is -0.149. The molecule has 144 valence electrons. The van der Waals surface area contributed by atoms with Crippen LogP contribution in [0.4, 0.5) is 0 Å². The second kappa shape index (κ2) is 7.25. The fourth-order valence-corrected chi connectivity index (χ4v) is 5.13. The van der Waals surface area contributed by atoms with E-state index in [2.05, 4.69) is 44.1 Å².